The van der Waals surface area contributed by atoms with Crippen molar-refractivity contribution in [3.63, 3.8) is 0 Å². The van der Waals surface area contributed by atoms with Crippen LogP contribution in [0.25, 0.3) is 0 Å². The van der Waals surface area contributed by atoms with E-state index in [-0.39, 0.29) is 5.91 Å². The Labute approximate surface area is 127 Å². The summed E-state index contributed by atoms with van der Waals surface area (Å²) < 4.78 is 5.62. The van der Waals surface area contributed by atoms with E-state index < -0.39 is 0 Å². The summed E-state index contributed by atoms with van der Waals surface area (Å²) in [4.78, 5) is 14.0. The standard InChI is InChI=1S/C17H26N2O2/c20-17(19-12-5-10-18-11-13-19)8-4-14-21-15-9-16-6-2-1-3-7-16/h1-3,6-7,18H,4-5,8-15H2. The Morgan fingerprint density at radius 1 is 1.14 bits per heavy atom. The van der Waals surface area contributed by atoms with E-state index in [2.05, 4.69) is 17.4 Å². The fourth-order valence-electron chi connectivity index (χ4n) is 2.52. The monoisotopic (exact) mass is 290 g/mol. The fraction of sp³-hybridized carbons (Fsp3) is 0.588. The van der Waals surface area contributed by atoms with Crippen LogP contribution in [0.3, 0.4) is 0 Å². The van der Waals surface area contributed by atoms with Crippen molar-refractivity contribution in [2.45, 2.75) is 25.7 Å². The summed E-state index contributed by atoms with van der Waals surface area (Å²) in [6.45, 7) is 5.07. The van der Waals surface area contributed by atoms with Crippen LogP contribution < -0.4 is 5.32 Å². The highest BCUT2D eigenvalue weighted by Gasteiger charge is 2.14. The van der Waals surface area contributed by atoms with Crippen molar-refractivity contribution in [2.75, 3.05) is 39.4 Å². The number of nitrogens with one attached hydrogen (secondary N) is 1. The number of benzene rings is 1. The SMILES string of the molecule is O=C(CCCOCCc1ccccc1)N1CCCNCC1. The number of carbonyl (C=O) groups is 1. The van der Waals surface area contributed by atoms with Crippen molar-refractivity contribution in [3.05, 3.63) is 35.9 Å². The van der Waals surface area contributed by atoms with Crippen molar-refractivity contribution in [1.29, 1.82) is 0 Å². The number of nitrogens with zero attached hydrogens (tertiary/aromatic N) is 1. The predicted octanol–water partition coefficient (Wildman–Crippen LogP) is 1.85. The summed E-state index contributed by atoms with van der Waals surface area (Å²) in [5, 5.41) is 3.31. The Bertz CT molecular complexity index is 401. The zero-order valence-corrected chi connectivity index (χ0v) is 12.7. The third-order valence-corrected chi connectivity index (χ3v) is 3.75. The van der Waals surface area contributed by atoms with Gasteiger partial charge in [0.25, 0.3) is 0 Å². The van der Waals surface area contributed by atoms with E-state index in [4.69, 9.17) is 4.74 Å². The van der Waals surface area contributed by atoms with E-state index >= 15 is 0 Å². The van der Waals surface area contributed by atoms with E-state index in [1.807, 2.05) is 23.1 Å². The van der Waals surface area contributed by atoms with Crippen molar-refractivity contribution in [2.24, 2.45) is 0 Å². The average molecular weight is 290 g/mol. The van der Waals surface area contributed by atoms with Crippen molar-refractivity contribution in [1.82, 2.24) is 10.2 Å². The molecule has 0 bridgehead atoms. The first-order chi connectivity index (χ1) is 10.4. The minimum absolute atomic E-state index is 0.269. The Morgan fingerprint density at radius 2 is 2.00 bits per heavy atom. The zero-order chi connectivity index (χ0) is 14.8. The molecule has 1 fully saturated rings. The second kappa shape index (κ2) is 9.53. The first-order valence-electron chi connectivity index (χ1n) is 7.96. The Hall–Kier alpha value is -1.39. The summed E-state index contributed by atoms with van der Waals surface area (Å²) in [6, 6.07) is 10.3. The number of carbonyl (C=O) groups excluding carboxylic acids is 1. The van der Waals surface area contributed by atoms with E-state index in [1.165, 1.54) is 5.56 Å². The number of hydrogen-bond donors (Lipinski definition) is 1. The van der Waals surface area contributed by atoms with Gasteiger partial charge in [0.1, 0.15) is 0 Å². The quantitative estimate of drug-likeness (QED) is 0.779. The zero-order valence-electron chi connectivity index (χ0n) is 12.7. The molecule has 1 heterocycles. The molecule has 0 atom stereocenters. The summed E-state index contributed by atoms with van der Waals surface area (Å²) in [6.07, 6.45) is 3.41. The lowest BCUT2D eigenvalue weighted by Crippen LogP contribution is -2.34. The summed E-state index contributed by atoms with van der Waals surface area (Å²) >= 11 is 0. The number of rotatable bonds is 7. The van der Waals surface area contributed by atoms with Gasteiger partial charge >= 0.3 is 0 Å². The van der Waals surface area contributed by atoms with Crippen LogP contribution >= 0.6 is 0 Å². The van der Waals surface area contributed by atoms with Crippen LogP contribution in [0.1, 0.15) is 24.8 Å². The van der Waals surface area contributed by atoms with E-state index in [0.29, 0.717) is 13.0 Å². The highest BCUT2D eigenvalue weighted by atomic mass is 16.5. The van der Waals surface area contributed by atoms with Gasteiger partial charge in [0.05, 0.1) is 6.61 Å². The average Bonchev–Trinajstić information content (AvgIpc) is 2.81. The van der Waals surface area contributed by atoms with Gasteiger partial charge in [0.2, 0.25) is 5.91 Å². The van der Waals surface area contributed by atoms with E-state index in [1.54, 1.807) is 0 Å². The number of amides is 1. The van der Waals surface area contributed by atoms with Gasteiger partial charge in [-0.05, 0) is 31.4 Å². The molecule has 2 rings (SSSR count). The highest BCUT2D eigenvalue weighted by molar-refractivity contribution is 5.76. The van der Waals surface area contributed by atoms with Crippen LogP contribution in [-0.2, 0) is 16.0 Å². The van der Waals surface area contributed by atoms with Crippen LogP contribution in [0.15, 0.2) is 30.3 Å². The molecule has 21 heavy (non-hydrogen) atoms. The van der Waals surface area contributed by atoms with E-state index in [9.17, 15) is 4.79 Å². The number of ether oxygens (including phenoxy) is 1. The van der Waals surface area contributed by atoms with Gasteiger partial charge < -0.3 is 15.0 Å². The molecule has 1 aliphatic rings. The Balaban J connectivity index is 1.52. The minimum Gasteiger partial charge on any atom is -0.381 e. The van der Waals surface area contributed by atoms with Gasteiger partial charge in [-0.1, -0.05) is 30.3 Å². The molecular weight excluding hydrogens is 264 g/mol. The van der Waals surface area contributed by atoms with Crippen molar-refractivity contribution < 1.29 is 9.53 Å². The lowest BCUT2D eigenvalue weighted by atomic mass is 10.2. The van der Waals surface area contributed by atoms with Crippen LogP contribution in [0, 0.1) is 0 Å². The maximum absolute atomic E-state index is 12.0. The van der Waals surface area contributed by atoms with Gasteiger partial charge in [0.15, 0.2) is 0 Å². The van der Waals surface area contributed by atoms with Crippen LogP contribution in [-0.4, -0.2) is 50.2 Å². The first-order valence-corrected chi connectivity index (χ1v) is 7.96. The molecule has 0 saturated carbocycles. The topological polar surface area (TPSA) is 41.6 Å². The van der Waals surface area contributed by atoms with E-state index in [0.717, 1.165) is 52.0 Å². The molecule has 1 aromatic carbocycles. The molecule has 0 radical (unpaired) electrons. The molecule has 0 unspecified atom stereocenters. The summed E-state index contributed by atoms with van der Waals surface area (Å²) in [5.74, 6) is 0.269. The van der Waals surface area contributed by atoms with Gasteiger partial charge in [-0.3, -0.25) is 4.79 Å². The van der Waals surface area contributed by atoms with Gasteiger partial charge in [0, 0.05) is 32.7 Å². The van der Waals surface area contributed by atoms with Crippen LogP contribution in [0.5, 0.6) is 0 Å². The molecule has 1 N–H and O–H groups in total. The molecule has 116 valence electrons. The molecule has 1 saturated heterocycles. The first kappa shape index (κ1) is 16.0. The second-order valence-corrected chi connectivity index (χ2v) is 5.44. The maximum Gasteiger partial charge on any atom is 0.222 e. The van der Waals surface area contributed by atoms with Gasteiger partial charge in [-0.15, -0.1) is 0 Å². The molecular formula is C17H26N2O2. The Morgan fingerprint density at radius 3 is 2.86 bits per heavy atom. The molecule has 0 aliphatic carbocycles. The smallest absolute Gasteiger partial charge is 0.222 e. The molecule has 1 amide bonds. The normalized spacial score (nSPS) is 15.7. The lowest BCUT2D eigenvalue weighted by Gasteiger charge is -2.19. The highest BCUT2D eigenvalue weighted by Crippen LogP contribution is 2.03. The van der Waals surface area contributed by atoms with Crippen molar-refractivity contribution >= 4 is 5.91 Å². The largest absolute Gasteiger partial charge is 0.381 e. The van der Waals surface area contributed by atoms with Crippen LogP contribution in [0.4, 0.5) is 0 Å². The third-order valence-electron chi connectivity index (χ3n) is 3.75. The van der Waals surface area contributed by atoms with Gasteiger partial charge in [-0.2, -0.15) is 0 Å². The molecule has 0 spiro atoms. The second-order valence-electron chi connectivity index (χ2n) is 5.44. The fourth-order valence-corrected chi connectivity index (χ4v) is 2.52. The minimum atomic E-state index is 0.269. The molecule has 0 aromatic heterocycles. The maximum atomic E-state index is 12.0. The molecule has 4 nitrogen and oxygen atoms in total. The molecule has 1 aliphatic heterocycles. The van der Waals surface area contributed by atoms with Gasteiger partial charge in [-0.25, -0.2) is 0 Å². The third kappa shape index (κ3) is 6.27. The van der Waals surface area contributed by atoms with Crippen molar-refractivity contribution in [3.8, 4) is 0 Å². The molecule has 4 heteroatoms. The molecule has 1 aromatic rings. The Kier molecular flexibility index (Phi) is 7.25. The van der Waals surface area contributed by atoms with Crippen LogP contribution in [0.2, 0.25) is 0 Å². The number of hydrogen-bond acceptors (Lipinski definition) is 3. The summed E-state index contributed by atoms with van der Waals surface area (Å²) in [5.41, 5.74) is 1.30. The predicted molar refractivity (Wildman–Crippen MR) is 84.3 cm³/mol. The lowest BCUT2D eigenvalue weighted by molar-refractivity contribution is -0.131. The summed E-state index contributed by atoms with van der Waals surface area (Å²) in [7, 11) is 0.